The lowest BCUT2D eigenvalue weighted by Gasteiger charge is -2.36. The lowest BCUT2D eigenvalue weighted by atomic mass is 9.84. The summed E-state index contributed by atoms with van der Waals surface area (Å²) in [5.74, 6) is -1.06. The predicted octanol–water partition coefficient (Wildman–Crippen LogP) is 3.26. The van der Waals surface area contributed by atoms with Gasteiger partial charge < -0.3 is 30.3 Å². The highest BCUT2D eigenvalue weighted by Crippen LogP contribution is 2.49. The average Bonchev–Trinajstić information content (AvgIpc) is 2.61. The van der Waals surface area contributed by atoms with E-state index >= 15 is 0 Å². The molecule has 0 radical (unpaired) electrons. The smallest absolute Gasteiger partial charge is 0.165 e. The predicted molar refractivity (Wildman–Crippen MR) is 94.8 cm³/mol. The molecule has 0 aromatic heterocycles. The van der Waals surface area contributed by atoms with Gasteiger partial charge in [-0.05, 0) is 11.5 Å². The van der Waals surface area contributed by atoms with Gasteiger partial charge in [-0.15, -0.1) is 0 Å². The summed E-state index contributed by atoms with van der Waals surface area (Å²) in [7, 11) is 0. The van der Waals surface area contributed by atoms with Crippen molar-refractivity contribution in [3.05, 3.63) is 53.6 Å². The summed E-state index contributed by atoms with van der Waals surface area (Å²) in [4.78, 5) is 0. The summed E-state index contributed by atoms with van der Waals surface area (Å²) >= 11 is 0. The zero-order valence-electron chi connectivity index (χ0n) is 13.9. The van der Waals surface area contributed by atoms with E-state index in [0.29, 0.717) is 21.9 Å². The quantitative estimate of drug-likeness (QED) is 0.429. The van der Waals surface area contributed by atoms with Gasteiger partial charge in [0, 0.05) is 34.6 Å². The molecule has 26 heavy (non-hydrogen) atoms. The third-order valence-electron chi connectivity index (χ3n) is 4.97. The number of rotatable bonds is 1. The van der Waals surface area contributed by atoms with E-state index in [0.717, 1.165) is 0 Å². The highest BCUT2D eigenvalue weighted by atomic mass is 16.5. The molecule has 4 rings (SSSR count). The molecule has 0 bridgehead atoms. The van der Waals surface area contributed by atoms with Gasteiger partial charge in [-0.25, -0.2) is 0 Å². The summed E-state index contributed by atoms with van der Waals surface area (Å²) in [5, 5.41) is 52.0. The molecule has 1 aliphatic heterocycles. The number of fused-ring (bicyclic) bond motifs is 2. The standard InChI is InChI=1S/C20H18O6/c1-9-17-14(22)6-10(21)7-16(17)26-20(18(9)24)13-8-15(23)19(25)12-5-3-2-4-11(12)13/h2-9,18,20-25H,1H3. The topological polar surface area (TPSA) is 110 Å². The van der Waals surface area contributed by atoms with E-state index in [1.807, 2.05) is 0 Å². The second-order valence-corrected chi connectivity index (χ2v) is 6.57. The number of hydrogen-bond donors (Lipinski definition) is 5. The van der Waals surface area contributed by atoms with Gasteiger partial charge in [0.1, 0.15) is 23.4 Å². The Labute approximate surface area is 149 Å². The maximum atomic E-state index is 10.8. The SMILES string of the molecule is CC1c2c(O)cc(O)cc2OC(c2cc(O)c(O)c3ccccc23)C1O. The number of hydrogen-bond acceptors (Lipinski definition) is 6. The summed E-state index contributed by atoms with van der Waals surface area (Å²) < 4.78 is 5.90. The fourth-order valence-corrected chi connectivity index (χ4v) is 3.65. The Morgan fingerprint density at radius 1 is 0.885 bits per heavy atom. The van der Waals surface area contributed by atoms with Gasteiger partial charge in [0.2, 0.25) is 0 Å². The first-order valence-corrected chi connectivity index (χ1v) is 8.22. The molecule has 6 nitrogen and oxygen atoms in total. The molecular formula is C20H18O6. The van der Waals surface area contributed by atoms with Crippen LogP contribution in [-0.4, -0.2) is 31.6 Å². The minimum atomic E-state index is -1.01. The van der Waals surface area contributed by atoms with Crippen molar-refractivity contribution >= 4 is 10.8 Å². The first kappa shape index (κ1) is 16.4. The molecule has 1 aliphatic rings. The van der Waals surface area contributed by atoms with Crippen LogP contribution in [0.3, 0.4) is 0 Å². The van der Waals surface area contributed by atoms with Crippen LogP contribution in [0, 0.1) is 0 Å². The molecule has 0 saturated carbocycles. The van der Waals surface area contributed by atoms with Gasteiger partial charge in [-0.3, -0.25) is 0 Å². The average molecular weight is 354 g/mol. The van der Waals surface area contributed by atoms with E-state index in [1.165, 1.54) is 18.2 Å². The lowest BCUT2D eigenvalue weighted by Crippen LogP contribution is -2.33. The van der Waals surface area contributed by atoms with Crippen LogP contribution in [0.15, 0.2) is 42.5 Å². The first-order valence-electron chi connectivity index (χ1n) is 8.22. The van der Waals surface area contributed by atoms with Gasteiger partial charge >= 0.3 is 0 Å². The number of benzene rings is 3. The van der Waals surface area contributed by atoms with Crippen LogP contribution >= 0.6 is 0 Å². The fraction of sp³-hybridized carbons (Fsp3) is 0.200. The van der Waals surface area contributed by atoms with Crippen molar-refractivity contribution in [1.29, 1.82) is 0 Å². The van der Waals surface area contributed by atoms with Crippen LogP contribution in [0.5, 0.6) is 28.7 Å². The molecule has 0 spiro atoms. The molecular weight excluding hydrogens is 336 g/mol. The van der Waals surface area contributed by atoms with E-state index in [-0.39, 0.29) is 28.7 Å². The maximum Gasteiger partial charge on any atom is 0.165 e. The van der Waals surface area contributed by atoms with Crippen molar-refractivity contribution in [3.63, 3.8) is 0 Å². The third-order valence-corrected chi connectivity index (χ3v) is 4.97. The van der Waals surface area contributed by atoms with Gasteiger partial charge in [0.25, 0.3) is 0 Å². The Morgan fingerprint density at radius 3 is 2.31 bits per heavy atom. The Hall–Kier alpha value is -3.12. The van der Waals surface area contributed by atoms with Crippen molar-refractivity contribution < 1.29 is 30.3 Å². The normalized spacial score (nSPS) is 22.0. The van der Waals surface area contributed by atoms with Crippen LogP contribution in [-0.2, 0) is 0 Å². The maximum absolute atomic E-state index is 10.8. The third kappa shape index (κ3) is 2.30. The van der Waals surface area contributed by atoms with Gasteiger partial charge in [0.05, 0.1) is 0 Å². The Morgan fingerprint density at radius 2 is 1.58 bits per heavy atom. The molecule has 0 aliphatic carbocycles. The molecule has 3 unspecified atom stereocenters. The Kier molecular flexibility index (Phi) is 3.59. The van der Waals surface area contributed by atoms with Crippen LogP contribution in [0.1, 0.15) is 30.1 Å². The number of phenolic OH excluding ortho intramolecular Hbond substituents is 4. The van der Waals surface area contributed by atoms with E-state index in [2.05, 4.69) is 0 Å². The molecule has 0 saturated heterocycles. The van der Waals surface area contributed by atoms with E-state index < -0.39 is 18.1 Å². The second kappa shape index (κ2) is 5.71. The molecule has 6 heteroatoms. The van der Waals surface area contributed by atoms with Crippen molar-refractivity contribution in [1.82, 2.24) is 0 Å². The summed E-state index contributed by atoms with van der Waals surface area (Å²) in [5.41, 5.74) is 0.919. The minimum absolute atomic E-state index is 0.150. The molecule has 134 valence electrons. The minimum Gasteiger partial charge on any atom is -0.508 e. The molecule has 5 N–H and O–H groups in total. The van der Waals surface area contributed by atoms with Gasteiger partial charge in [-0.2, -0.15) is 0 Å². The number of aromatic hydroxyl groups is 4. The number of aliphatic hydroxyl groups is 1. The molecule has 0 fully saturated rings. The van der Waals surface area contributed by atoms with E-state index in [9.17, 15) is 25.5 Å². The Balaban J connectivity index is 1.92. The van der Waals surface area contributed by atoms with Crippen LogP contribution < -0.4 is 4.74 Å². The molecule has 3 atom stereocenters. The molecule has 3 aromatic carbocycles. The summed E-state index contributed by atoms with van der Waals surface area (Å²) in [6.45, 7) is 1.75. The van der Waals surface area contributed by atoms with Crippen LogP contribution in [0.2, 0.25) is 0 Å². The summed E-state index contributed by atoms with van der Waals surface area (Å²) in [6.07, 6.45) is -1.86. The first-order chi connectivity index (χ1) is 12.4. The molecule has 1 heterocycles. The highest BCUT2D eigenvalue weighted by Gasteiger charge is 2.38. The monoisotopic (exact) mass is 354 g/mol. The van der Waals surface area contributed by atoms with Crippen LogP contribution in [0.4, 0.5) is 0 Å². The van der Waals surface area contributed by atoms with Crippen molar-refractivity contribution in [3.8, 4) is 28.7 Å². The Bertz CT molecular complexity index is 1010. The second-order valence-electron chi connectivity index (χ2n) is 6.57. The van der Waals surface area contributed by atoms with Gasteiger partial charge in [0.15, 0.2) is 17.6 Å². The zero-order valence-corrected chi connectivity index (χ0v) is 13.9. The number of aliphatic hydroxyl groups excluding tert-OH is 1. The van der Waals surface area contributed by atoms with Crippen molar-refractivity contribution in [2.45, 2.75) is 25.0 Å². The largest absolute Gasteiger partial charge is 0.508 e. The molecule has 0 amide bonds. The lowest BCUT2D eigenvalue weighted by molar-refractivity contribution is 0.00341. The zero-order chi connectivity index (χ0) is 18.6. The van der Waals surface area contributed by atoms with Gasteiger partial charge in [-0.1, -0.05) is 31.2 Å². The highest BCUT2D eigenvalue weighted by molar-refractivity contribution is 5.93. The fourth-order valence-electron chi connectivity index (χ4n) is 3.65. The molecule has 3 aromatic rings. The van der Waals surface area contributed by atoms with Crippen molar-refractivity contribution in [2.24, 2.45) is 0 Å². The number of ether oxygens (including phenoxy) is 1. The number of phenols is 4. The van der Waals surface area contributed by atoms with Crippen molar-refractivity contribution in [2.75, 3.05) is 0 Å². The summed E-state index contributed by atoms with van der Waals surface area (Å²) in [6, 6.07) is 10.9. The van der Waals surface area contributed by atoms with E-state index in [1.54, 1.807) is 31.2 Å². The van der Waals surface area contributed by atoms with Crippen LogP contribution in [0.25, 0.3) is 10.8 Å². The van der Waals surface area contributed by atoms with E-state index in [4.69, 9.17) is 4.74 Å².